The minimum Gasteiger partial charge on any atom is -0.550 e. The molecule has 40 heavy (non-hydrogen) atoms. The average Bonchev–Trinajstić information content (AvgIpc) is 3.53. The molecule has 0 bridgehead atoms. The summed E-state index contributed by atoms with van der Waals surface area (Å²) in [7, 11) is 1.86. The lowest BCUT2D eigenvalue weighted by Crippen LogP contribution is -2.42. The molecule has 2 aromatic carbocycles. The van der Waals surface area contributed by atoms with Crippen molar-refractivity contribution in [2.45, 2.75) is 72.9 Å². The molecule has 2 aromatic heterocycles. The molecule has 1 saturated heterocycles. The number of fused-ring (bicyclic) bond motifs is 1. The molecule has 5 rings (SSSR count). The Hall–Kier alpha value is -3.52. The average molecular weight is 542 g/mol. The number of imidazole rings is 1. The van der Waals surface area contributed by atoms with Crippen molar-refractivity contribution in [3.63, 3.8) is 0 Å². The molecule has 8 heteroatoms. The molecule has 8 nitrogen and oxygen atoms in total. The minimum atomic E-state index is -1.15. The van der Waals surface area contributed by atoms with E-state index in [9.17, 15) is 9.90 Å². The van der Waals surface area contributed by atoms with E-state index in [2.05, 4.69) is 58.0 Å². The van der Waals surface area contributed by atoms with Crippen LogP contribution in [0.1, 0.15) is 79.6 Å². The van der Waals surface area contributed by atoms with Crippen molar-refractivity contribution >= 4 is 17.0 Å². The molecule has 0 saturated carbocycles. The quantitative estimate of drug-likeness (QED) is 0.313. The van der Waals surface area contributed by atoms with Crippen LogP contribution in [0.2, 0.25) is 0 Å². The number of rotatable bonds is 9. The zero-order chi connectivity index (χ0) is 28.6. The summed E-state index contributed by atoms with van der Waals surface area (Å²) in [5, 5.41) is 21.1. The summed E-state index contributed by atoms with van der Waals surface area (Å²) in [5.74, 6) is 0.403. The molecule has 0 spiro atoms. The first-order valence-corrected chi connectivity index (χ1v) is 14.4. The summed E-state index contributed by atoms with van der Waals surface area (Å²) >= 11 is 0. The van der Waals surface area contributed by atoms with E-state index < -0.39 is 17.3 Å². The largest absolute Gasteiger partial charge is 0.550 e. The molecule has 3 heterocycles. The molecule has 4 aromatic rings. The van der Waals surface area contributed by atoms with Crippen molar-refractivity contribution in [1.29, 1.82) is 0 Å². The molecule has 0 radical (unpaired) electrons. The number of carbonyl (C=O) groups excluding carboxylic acids is 1. The Labute approximate surface area is 237 Å². The number of aryl methyl sites for hydroxylation is 3. The molecule has 0 amide bonds. The lowest BCUT2D eigenvalue weighted by Gasteiger charge is -2.37. The smallest absolute Gasteiger partial charge is 0.123 e. The summed E-state index contributed by atoms with van der Waals surface area (Å²) in [6, 6.07) is 10.3. The van der Waals surface area contributed by atoms with Gasteiger partial charge in [-0.2, -0.15) is 0 Å². The van der Waals surface area contributed by atoms with Crippen molar-refractivity contribution in [1.82, 2.24) is 29.4 Å². The number of aromatic nitrogens is 5. The van der Waals surface area contributed by atoms with Gasteiger partial charge < -0.3 is 14.5 Å². The van der Waals surface area contributed by atoms with Crippen LogP contribution < -0.4 is 5.11 Å². The number of hydrogen-bond donors (Lipinski definition) is 0. The van der Waals surface area contributed by atoms with Gasteiger partial charge in [0.05, 0.1) is 12.1 Å². The predicted molar refractivity (Wildman–Crippen MR) is 155 cm³/mol. The number of benzene rings is 2. The van der Waals surface area contributed by atoms with Crippen LogP contribution >= 0.6 is 0 Å². The van der Waals surface area contributed by atoms with Crippen LogP contribution in [-0.2, 0) is 24.9 Å². The topological polar surface area (TPSA) is 91.9 Å². The van der Waals surface area contributed by atoms with E-state index in [0.29, 0.717) is 6.54 Å². The van der Waals surface area contributed by atoms with Crippen molar-refractivity contribution in [2.24, 2.45) is 18.4 Å². The second-order valence-corrected chi connectivity index (χ2v) is 12.1. The Kier molecular flexibility index (Phi) is 7.82. The van der Waals surface area contributed by atoms with E-state index in [0.717, 1.165) is 64.7 Å². The SMILES string of the molecule is CCC1CCN(Cc2nccn2Cc2cc([C@@H](c3ccc4c(nnn4C)c3C)C(C)(C)C(=O)[O-])ccc2C)CC1. The maximum atomic E-state index is 12.5. The molecular formula is C32H41N6O2-. The van der Waals surface area contributed by atoms with Crippen LogP contribution in [0.15, 0.2) is 42.7 Å². The predicted octanol–water partition coefficient (Wildman–Crippen LogP) is 4.36. The van der Waals surface area contributed by atoms with Gasteiger partial charge in [0, 0.05) is 43.3 Å². The highest BCUT2D eigenvalue weighted by atomic mass is 16.4. The maximum Gasteiger partial charge on any atom is 0.123 e. The summed E-state index contributed by atoms with van der Waals surface area (Å²) in [6.07, 6.45) is 7.71. The lowest BCUT2D eigenvalue weighted by atomic mass is 9.69. The number of hydrogen-bond acceptors (Lipinski definition) is 6. The van der Waals surface area contributed by atoms with Crippen molar-refractivity contribution < 1.29 is 9.90 Å². The third kappa shape index (κ3) is 5.29. The van der Waals surface area contributed by atoms with Crippen molar-refractivity contribution in [3.8, 4) is 0 Å². The fourth-order valence-corrected chi connectivity index (χ4v) is 6.28. The van der Waals surface area contributed by atoms with E-state index in [1.165, 1.54) is 24.8 Å². The fourth-order valence-electron chi connectivity index (χ4n) is 6.28. The van der Waals surface area contributed by atoms with Crippen LogP contribution in [0.25, 0.3) is 11.0 Å². The molecule has 1 aliphatic rings. The monoisotopic (exact) mass is 541 g/mol. The summed E-state index contributed by atoms with van der Waals surface area (Å²) < 4.78 is 3.97. The maximum absolute atomic E-state index is 12.5. The minimum absolute atomic E-state index is 0.426. The number of carboxylic acids is 1. The standard InChI is InChI=1S/C32H42N6O2/c1-7-23-12-15-37(16-13-23)20-28-33-14-17-38(28)19-25-18-24(9-8-21(25)2)29(32(4,5)31(39)40)26-10-11-27-30(22(26)3)34-35-36(27)6/h8-11,14,17-18,23,29H,7,12-13,15-16,19-20H2,1-6H3,(H,39,40)/p-1/t29-/m0/s1. The normalized spacial score (nSPS) is 16.1. The van der Waals surface area contributed by atoms with Crippen molar-refractivity contribution in [3.05, 3.63) is 76.4 Å². The van der Waals surface area contributed by atoms with Crippen molar-refractivity contribution in [2.75, 3.05) is 13.1 Å². The zero-order valence-electron chi connectivity index (χ0n) is 24.6. The van der Waals surface area contributed by atoms with Crippen LogP contribution in [0.4, 0.5) is 0 Å². The van der Waals surface area contributed by atoms with Gasteiger partial charge in [-0.3, -0.25) is 4.90 Å². The Morgan fingerprint density at radius 3 is 2.58 bits per heavy atom. The van der Waals surface area contributed by atoms with Crippen LogP contribution in [0.5, 0.6) is 0 Å². The van der Waals surface area contributed by atoms with Gasteiger partial charge in [0.25, 0.3) is 0 Å². The Bertz CT molecular complexity index is 1510. The highest BCUT2D eigenvalue weighted by molar-refractivity contribution is 5.81. The Morgan fingerprint density at radius 1 is 1.12 bits per heavy atom. The van der Waals surface area contributed by atoms with Crippen LogP contribution in [0.3, 0.4) is 0 Å². The molecule has 1 fully saturated rings. The number of carboxylic acid groups (broad SMARTS) is 1. The van der Waals surface area contributed by atoms with E-state index >= 15 is 0 Å². The first-order valence-electron chi connectivity index (χ1n) is 14.4. The fraction of sp³-hybridized carbons (Fsp3) is 0.500. The molecule has 212 valence electrons. The Balaban J connectivity index is 1.48. The number of nitrogens with zero attached hydrogens (tertiary/aromatic N) is 6. The summed E-state index contributed by atoms with van der Waals surface area (Å²) in [4.78, 5) is 19.7. The van der Waals surface area contributed by atoms with Gasteiger partial charge in [0.1, 0.15) is 11.3 Å². The molecule has 1 aliphatic heterocycles. The second-order valence-electron chi connectivity index (χ2n) is 12.1. The lowest BCUT2D eigenvalue weighted by molar-refractivity contribution is -0.318. The second kappa shape index (κ2) is 11.2. The van der Waals surface area contributed by atoms with Gasteiger partial charge >= 0.3 is 0 Å². The summed E-state index contributed by atoms with van der Waals surface area (Å²) in [5.41, 5.74) is 5.69. The van der Waals surface area contributed by atoms with Gasteiger partial charge in [-0.05, 0) is 79.6 Å². The highest BCUT2D eigenvalue weighted by Gasteiger charge is 2.35. The number of carbonyl (C=O) groups is 1. The van der Waals surface area contributed by atoms with Gasteiger partial charge in [-0.1, -0.05) is 56.7 Å². The molecule has 0 aliphatic carbocycles. The van der Waals surface area contributed by atoms with E-state index in [1.807, 2.05) is 32.3 Å². The third-order valence-corrected chi connectivity index (χ3v) is 9.14. The molecule has 0 N–H and O–H groups in total. The zero-order valence-corrected chi connectivity index (χ0v) is 24.6. The van der Waals surface area contributed by atoms with E-state index in [4.69, 9.17) is 4.98 Å². The first-order chi connectivity index (χ1) is 19.1. The van der Waals surface area contributed by atoms with Crippen LogP contribution in [0, 0.1) is 25.2 Å². The number of likely N-dealkylation sites (tertiary alicyclic amines) is 1. The van der Waals surface area contributed by atoms with Gasteiger partial charge in [-0.25, -0.2) is 9.67 Å². The van der Waals surface area contributed by atoms with E-state index in [1.54, 1.807) is 18.5 Å². The molecule has 1 atom stereocenters. The molecule has 0 unspecified atom stereocenters. The van der Waals surface area contributed by atoms with Gasteiger partial charge in [-0.15, -0.1) is 5.10 Å². The Morgan fingerprint density at radius 2 is 1.88 bits per heavy atom. The highest BCUT2D eigenvalue weighted by Crippen LogP contribution is 2.43. The van der Waals surface area contributed by atoms with E-state index in [-0.39, 0.29) is 0 Å². The summed E-state index contributed by atoms with van der Waals surface area (Å²) in [6.45, 7) is 13.7. The van der Waals surface area contributed by atoms with Gasteiger partial charge in [0.2, 0.25) is 0 Å². The molecular weight excluding hydrogens is 500 g/mol. The first kappa shape index (κ1) is 28.0. The number of piperidine rings is 1. The van der Waals surface area contributed by atoms with Gasteiger partial charge in [0.15, 0.2) is 0 Å². The third-order valence-electron chi connectivity index (χ3n) is 9.14. The van der Waals surface area contributed by atoms with Crippen LogP contribution in [-0.4, -0.2) is 48.5 Å². The number of aliphatic carboxylic acids is 1.